The maximum Gasteiger partial charge on any atom is 0.00101 e. The lowest BCUT2D eigenvalue weighted by atomic mass is 9.94. The minimum Gasteiger partial charge on any atom is -0.403 e. The van der Waals surface area contributed by atoms with Crippen molar-refractivity contribution < 1.29 is 0 Å². The molecule has 0 heterocycles. The molecule has 0 amide bonds. The fraction of sp³-hybridized carbons (Fsp3) is 0.846. The van der Waals surface area contributed by atoms with E-state index in [2.05, 4.69) is 27.4 Å². The zero-order valence-electron chi connectivity index (χ0n) is 10.2. The number of allylic oxidation sites excluding steroid dienone is 1. The summed E-state index contributed by atoms with van der Waals surface area (Å²) in [6.45, 7) is 10.6. The van der Waals surface area contributed by atoms with E-state index in [0.29, 0.717) is 5.92 Å². The highest BCUT2D eigenvalue weighted by Crippen LogP contribution is 2.19. The summed E-state index contributed by atoms with van der Waals surface area (Å²) < 4.78 is 0. The smallest absolute Gasteiger partial charge is 0.00101 e. The minimum absolute atomic E-state index is 0.710. The van der Waals surface area contributed by atoms with E-state index in [0.717, 1.165) is 18.0 Å². The maximum absolute atomic E-state index is 5.58. The molecule has 0 radical (unpaired) electrons. The van der Waals surface area contributed by atoms with Crippen molar-refractivity contribution in [2.45, 2.75) is 59.3 Å². The van der Waals surface area contributed by atoms with Gasteiger partial charge in [0.1, 0.15) is 0 Å². The predicted octanol–water partition coefficient (Wildman–Crippen LogP) is 4.09. The predicted molar refractivity (Wildman–Crippen MR) is 65.0 cm³/mol. The van der Waals surface area contributed by atoms with Gasteiger partial charge in [-0.15, -0.1) is 0 Å². The number of nitrogens with two attached hydrogens (primary N) is 1. The lowest BCUT2D eigenvalue weighted by Crippen LogP contribution is -2.03. The molecule has 84 valence electrons. The molecule has 0 rings (SSSR count). The molecule has 2 N–H and O–H groups in total. The summed E-state index contributed by atoms with van der Waals surface area (Å²) in [7, 11) is 0. The average Bonchev–Trinajstić information content (AvgIpc) is 2.02. The van der Waals surface area contributed by atoms with Crippen LogP contribution in [0.15, 0.2) is 12.3 Å². The van der Waals surface area contributed by atoms with Crippen molar-refractivity contribution in [2.24, 2.45) is 17.6 Å². The van der Waals surface area contributed by atoms with E-state index in [9.17, 15) is 0 Å². The highest BCUT2D eigenvalue weighted by molar-refractivity contribution is 4.87. The summed E-state index contributed by atoms with van der Waals surface area (Å²) in [5, 5.41) is 0. The second-order valence-corrected chi connectivity index (χ2v) is 4.79. The van der Waals surface area contributed by atoms with Gasteiger partial charge in [-0.2, -0.15) is 0 Å². The van der Waals surface area contributed by atoms with Crippen molar-refractivity contribution in [3.05, 3.63) is 12.3 Å². The standard InChI is InChI=1S/C13H27N/c1-5-7-11(2)8-6-9-12(3)10-13(4)14/h11-12H,4-10,14H2,1-3H3. The second kappa shape index (κ2) is 7.90. The summed E-state index contributed by atoms with van der Waals surface area (Å²) in [6, 6.07) is 0. The van der Waals surface area contributed by atoms with Crippen molar-refractivity contribution in [1.82, 2.24) is 0 Å². The summed E-state index contributed by atoms with van der Waals surface area (Å²) in [5.74, 6) is 1.61. The Kier molecular flexibility index (Phi) is 7.64. The van der Waals surface area contributed by atoms with E-state index in [1.807, 2.05) is 0 Å². The van der Waals surface area contributed by atoms with Crippen LogP contribution in [-0.2, 0) is 0 Å². The van der Waals surface area contributed by atoms with E-state index < -0.39 is 0 Å². The normalized spacial score (nSPS) is 15.1. The molecule has 1 nitrogen and oxygen atoms in total. The van der Waals surface area contributed by atoms with Gasteiger partial charge in [0.25, 0.3) is 0 Å². The van der Waals surface area contributed by atoms with Crippen LogP contribution in [0, 0.1) is 11.8 Å². The number of hydrogen-bond acceptors (Lipinski definition) is 1. The monoisotopic (exact) mass is 197 g/mol. The lowest BCUT2D eigenvalue weighted by Gasteiger charge is -2.13. The first-order valence-corrected chi connectivity index (χ1v) is 5.99. The van der Waals surface area contributed by atoms with Crippen LogP contribution >= 0.6 is 0 Å². The third-order valence-electron chi connectivity index (χ3n) is 2.79. The first-order valence-electron chi connectivity index (χ1n) is 5.99. The van der Waals surface area contributed by atoms with Gasteiger partial charge in [-0.1, -0.05) is 59.5 Å². The third kappa shape index (κ3) is 8.15. The number of rotatable bonds is 8. The van der Waals surface area contributed by atoms with Crippen molar-refractivity contribution >= 4 is 0 Å². The van der Waals surface area contributed by atoms with E-state index in [1.54, 1.807) is 0 Å². The zero-order valence-corrected chi connectivity index (χ0v) is 10.2. The highest BCUT2D eigenvalue weighted by Gasteiger charge is 2.05. The maximum atomic E-state index is 5.58. The summed E-state index contributed by atoms with van der Waals surface area (Å²) >= 11 is 0. The highest BCUT2D eigenvalue weighted by atomic mass is 14.6. The van der Waals surface area contributed by atoms with Crippen LogP contribution in [-0.4, -0.2) is 0 Å². The summed E-state index contributed by atoms with van der Waals surface area (Å²) in [5.41, 5.74) is 6.41. The first kappa shape index (κ1) is 13.5. The fourth-order valence-electron chi connectivity index (χ4n) is 2.00. The van der Waals surface area contributed by atoms with Gasteiger partial charge in [0.2, 0.25) is 0 Å². The van der Waals surface area contributed by atoms with Crippen LogP contribution in [0.5, 0.6) is 0 Å². The molecule has 1 heteroatoms. The third-order valence-corrected chi connectivity index (χ3v) is 2.79. The van der Waals surface area contributed by atoms with Gasteiger partial charge in [0, 0.05) is 5.70 Å². The Morgan fingerprint density at radius 1 is 1.14 bits per heavy atom. The van der Waals surface area contributed by atoms with Crippen LogP contribution in [0.2, 0.25) is 0 Å². The number of hydrogen-bond donors (Lipinski definition) is 1. The van der Waals surface area contributed by atoms with Crippen molar-refractivity contribution in [1.29, 1.82) is 0 Å². The topological polar surface area (TPSA) is 26.0 Å². The Labute approximate surface area is 89.8 Å². The van der Waals surface area contributed by atoms with E-state index in [-0.39, 0.29) is 0 Å². The lowest BCUT2D eigenvalue weighted by molar-refractivity contribution is 0.419. The molecule has 0 aromatic rings. The molecule has 0 spiro atoms. The zero-order chi connectivity index (χ0) is 11.0. The van der Waals surface area contributed by atoms with Crippen molar-refractivity contribution in [3.8, 4) is 0 Å². The van der Waals surface area contributed by atoms with Gasteiger partial charge in [0.05, 0.1) is 0 Å². The Morgan fingerprint density at radius 3 is 2.21 bits per heavy atom. The largest absolute Gasteiger partial charge is 0.403 e. The Hall–Kier alpha value is -0.460. The second-order valence-electron chi connectivity index (χ2n) is 4.79. The molecule has 0 aliphatic heterocycles. The van der Waals surface area contributed by atoms with Crippen molar-refractivity contribution in [2.75, 3.05) is 0 Å². The molecule has 0 saturated heterocycles. The van der Waals surface area contributed by atoms with Crippen LogP contribution in [0.1, 0.15) is 59.3 Å². The molecule has 2 atom stereocenters. The quantitative estimate of drug-likeness (QED) is 0.623. The van der Waals surface area contributed by atoms with E-state index in [1.165, 1.54) is 32.1 Å². The molecule has 0 aliphatic carbocycles. The molecule has 2 unspecified atom stereocenters. The Balaban J connectivity index is 3.38. The molecule has 0 aromatic carbocycles. The SMILES string of the molecule is C=C(N)CC(C)CCCC(C)CCC. The molecule has 14 heavy (non-hydrogen) atoms. The summed E-state index contributed by atoms with van der Waals surface area (Å²) in [6.07, 6.45) is 7.69. The van der Waals surface area contributed by atoms with Gasteiger partial charge >= 0.3 is 0 Å². The van der Waals surface area contributed by atoms with Gasteiger partial charge in [0.15, 0.2) is 0 Å². The summed E-state index contributed by atoms with van der Waals surface area (Å²) in [4.78, 5) is 0. The van der Waals surface area contributed by atoms with Gasteiger partial charge in [-0.05, 0) is 18.3 Å². The molecule has 0 bridgehead atoms. The first-order chi connectivity index (χ1) is 6.56. The van der Waals surface area contributed by atoms with Crippen LogP contribution in [0.25, 0.3) is 0 Å². The Morgan fingerprint density at radius 2 is 1.71 bits per heavy atom. The average molecular weight is 197 g/mol. The Bertz CT molecular complexity index is 151. The van der Waals surface area contributed by atoms with Crippen LogP contribution in [0.3, 0.4) is 0 Å². The van der Waals surface area contributed by atoms with Gasteiger partial charge in [-0.25, -0.2) is 0 Å². The molecular weight excluding hydrogens is 170 g/mol. The van der Waals surface area contributed by atoms with Gasteiger partial charge < -0.3 is 5.73 Å². The molecule has 0 fully saturated rings. The molecular formula is C13H27N. The van der Waals surface area contributed by atoms with Gasteiger partial charge in [-0.3, -0.25) is 0 Å². The van der Waals surface area contributed by atoms with Crippen LogP contribution < -0.4 is 5.73 Å². The molecule has 0 aliphatic rings. The molecule has 0 saturated carbocycles. The minimum atomic E-state index is 0.710. The molecule has 0 aromatic heterocycles. The fourth-order valence-corrected chi connectivity index (χ4v) is 2.00. The van der Waals surface area contributed by atoms with Crippen LogP contribution in [0.4, 0.5) is 0 Å². The van der Waals surface area contributed by atoms with E-state index in [4.69, 9.17) is 5.73 Å². The van der Waals surface area contributed by atoms with E-state index >= 15 is 0 Å². The van der Waals surface area contributed by atoms with Crippen molar-refractivity contribution in [3.63, 3.8) is 0 Å².